The number of carbonyl (C=O) groups is 2. The summed E-state index contributed by atoms with van der Waals surface area (Å²) in [5, 5.41) is 2.02. The van der Waals surface area contributed by atoms with Crippen LogP contribution in [-0.4, -0.2) is 54.2 Å². The summed E-state index contributed by atoms with van der Waals surface area (Å²) in [5.41, 5.74) is 2.15. The zero-order valence-corrected chi connectivity index (χ0v) is 22.1. The van der Waals surface area contributed by atoms with Gasteiger partial charge in [0.2, 0.25) is 18.6 Å². The third kappa shape index (κ3) is 5.71. The summed E-state index contributed by atoms with van der Waals surface area (Å²) in [4.78, 5) is 32.2. The molecule has 0 bridgehead atoms. The van der Waals surface area contributed by atoms with E-state index in [1.54, 1.807) is 16.2 Å². The summed E-state index contributed by atoms with van der Waals surface area (Å²) in [5.74, 6) is 1.55. The maximum Gasteiger partial charge on any atom is 0.242 e. The number of hydrogen-bond acceptors (Lipinski definition) is 6. The van der Waals surface area contributed by atoms with Crippen LogP contribution in [0.25, 0.3) is 0 Å². The largest absolute Gasteiger partial charge is 0.454 e. The maximum absolute atomic E-state index is 13.8. The Hall–Kier alpha value is -3.36. The standard InChI is InChI=1S/C30H32N2O5S/c33-29(31(18-24-9-5-13-38-24)16-21-10-11-27-28(14-21)37-20-36-27)19-32(17-23-8-4-12-35-23)30(34)26-15-25(26)22-6-2-1-3-7-22/h1-3,5-7,9-11,13-14,23,25-26H,4,8,12,15-20H2. The number of thiophene rings is 1. The summed E-state index contributed by atoms with van der Waals surface area (Å²) in [6, 6.07) is 20.0. The Labute approximate surface area is 226 Å². The van der Waals surface area contributed by atoms with Gasteiger partial charge < -0.3 is 24.0 Å². The average molecular weight is 533 g/mol. The van der Waals surface area contributed by atoms with Crippen molar-refractivity contribution < 1.29 is 23.8 Å². The van der Waals surface area contributed by atoms with Gasteiger partial charge in [-0.1, -0.05) is 42.5 Å². The van der Waals surface area contributed by atoms with Gasteiger partial charge in [0, 0.05) is 30.5 Å². The van der Waals surface area contributed by atoms with Gasteiger partial charge in [0.05, 0.1) is 19.2 Å². The normalized spacial score (nSPS) is 21.3. The number of nitrogens with zero attached hydrogens (tertiary/aromatic N) is 2. The fourth-order valence-electron chi connectivity index (χ4n) is 5.38. The topological polar surface area (TPSA) is 68.3 Å². The van der Waals surface area contributed by atoms with Gasteiger partial charge in [-0.05, 0) is 59.9 Å². The Bertz CT molecular complexity index is 1260. The molecule has 2 amide bonds. The summed E-state index contributed by atoms with van der Waals surface area (Å²) in [7, 11) is 0. The van der Waals surface area contributed by atoms with Gasteiger partial charge in [-0.2, -0.15) is 0 Å². The van der Waals surface area contributed by atoms with E-state index in [2.05, 4.69) is 12.1 Å². The smallest absolute Gasteiger partial charge is 0.242 e. The molecule has 3 aliphatic rings. The highest BCUT2D eigenvalue weighted by Gasteiger charge is 2.46. The first-order valence-corrected chi connectivity index (χ1v) is 14.2. The molecule has 3 aromatic rings. The molecule has 7 nitrogen and oxygen atoms in total. The molecule has 2 fully saturated rings. The molecule has 3 heterocycles. The van der Waals surface area contributed by atoms with E-state index in [0.29, 0.717) is 32.0 Å². The van der Waals surface area contributed by atoms with Crippen LogP contribution in [0.3, 0.4) is 0 Å². The first-order valence-electron chi connectivity index (χ1n) is 13.3. The van der Waals surface area contributed by atoms with Gasteiger partial charge >= 0.3 is 0 Å². The predicted octanol–water partition coefficient (Wildman–Crippen LogP) is 4.82. The molecular formula is C30H32N2O5S. The van der Waals surface area contributed by atoms with E-state index in [9.17, 15) is 9.59 Å². The molecule has 2 aromatic carbocycles. The molecule has 2 aliphatic heterocycles. The second-order valence-electron chi connectivity index (χ2n) is 10.2. The third-order valence-corrected chi connectivity index (χ3v) is 8.37. The summed E-state index contributed by atoms with van der Waals surface area (Å²) in [6.45, 7) is 2.34. The highest BCUT2D eigenvalue weighted by Crippen LogP contribution is 2.48. The van der Waals surface area contributed by atoms with E-state index in [0.717, 1.165) is 35.5 Å². The van der Waals surface area contributed by atoms with E-state index >= 15 is 0 Å². The van der Waals surface area contributed by atoms with E-state index in [-0.39, 0.29) is 43.1 Å². The number of hydrogen-bond donors (Lipinski definition) is 0. The van der Waals surface area contributed by atoms with Crippen molar-refractivity contribution >= 4 is 23.2 Å². The summed E-state index contributed by atoms with van der Waals surface area (Å²) in [6.07, 6.45) is 2.72. The molecular weight excluding hydrogens is 500 g/mol. The Balaban J connectivity index is 1.19. The van der Waals surface area contributed by atoms with Crippen molar-refractivity contribution in [3.8, 4) is 11.5 Å². The predicted molar refractivity (Wildman–Crippen MR) is 144 cm³/mol. The van der Waals surface area contributed by atoms with Crippen LogP contribution in [0.1, 0.15) is 41.2 Å². The molecule has 3 unspecified atom stereocenters. The Kier molecular flexibility index (Phi) is 7.33. The van der Waals surface area contributed by atoms with Crippen LogP contribution in [0.2, 0.25) is 0 Å². The lowest BCUT2D eigenvalue weighted by molar-refractivity contribution is -0.143. The monoisotopic (exact) mass is 532 g/mol. The maximum atomic E-state index is 13.8. The number of ether oxygens (including phenoxy) is 3. The van der Waals surface area contributed by atoms with Gasteiger partial charge in [-0.3, -0.25) is 9.59 Å². The van der Waals surface area contributed by atoms with E-state index < -0.39 is 0 Å². The Morgan fingerprint density at radius 3 is 2.61 bits per heavy atom. The number of benzene rings is 2. The minimum atomic E-state index is -0.0776. The molecule has 38 heavy (non-hydrogen) atoms. The summed E-state index contributed by atoms with van der Waals surface area (Å²) < 4.78 is 16.9. The molecule has 198 valence electrons. The van der Waals surface area contributed by atoms with Gasteiger partial charge in [-0.15, -0.1) is 11.3 Å². The molecule has 3 atom stereocenters. The van der Waals surface area contributed by atoms with Gasteiger partial charge in [0.25, 0.3) is 0 Å². The van der Waals surface area contributed by atoms with Crippen LogP contribution >= 0.6 is 11.3 Å². The molecule has 6 rings (SSSR count). The van der Waals surface area contributed by atoms with Crippen molar-refractivity contribution in [2.75, 3.05) is 26.5 Å². The SMILES string of the molecule is O=C(CN(CC1CCCO1)C(=O)C1CC1c1ccccc1)N(Cc1ccc2c(c1)OCO2)Cc1cccs1. The van der Waals surface area contributed by atoms with E-state index in [4.69, 9.17) is 14.2 Å². The Morgan fingerprint density at radius 1 is 0.947 bits per heavy atom. The molecule has 0 radical (unpaired) electrons. The van der Waals surface area contributed by atoms with Gasteiger partial charge in [0.15, 0.2) is 11.5 Å². The molecule has 1 saturated carbocycles. The van der Waals surface area contributed by atoms with Crippen LogP contribution in [0.5, 0.6) is 11.5 Å². The Morgan fingerprint density at radius 2 is 1.82 bits per heavy atom. The van der Waals surface area contributed by atoms with Crippen molar-refractivity contribution in [3.05, 3.63) is 82.0 Å². The molecule has 1 saturated heterocycles. The molecule has 8 heteroatoms. The van der Waals surface area contributed by atoms with Crippen LogP contribution in [-0.2, 0) is 27.4 Å². The van der Waals surface area contributed by atoms with Crippen molar-refractivity contribution in [1.82, 2.24) is 9.80 Å². The number of fused-ring (bicyclic) bond motifs is 1. The van der Waals surface area contributed by atoms with E-state index in [1.807, 2.05) is 58.8 Å². The molecule has 1 aromatic heterocycles. The number of amides is 2. The number of rotatable bonds is 10. The zero-order chi connectivity index (χ0) is 25.9. The molecule has 0 N–H and O–H groups in total. The summed E-state index contributed by atoms with van der Waals surface area (Å²) >= 11 is 1.62. The van der Waals surface area contributed by atoms with Crippen LogP contribution in [0.4, 0.5) is 0 Å². The van der Waals surface area contributed by atoms with Crippen LogP contribution in [0.15, 0.2) is 66.0 Å². The van der Waals surface area contributed by atoms with Gasteiger partial charge in [0.1, 0.15) is 0 Å². The molecule has 1 aliphatic carbocycles. The minimum Gasteiger partial charge on any atom is -0.454 e. The zero-order valence-electron chi connectivity index (χ0n) is 21.3. The van der Waals surface area contributed by atoms with Crippen molar-refractivity contribution in [2.24, 2.45) is 5.92 Å². The first-order chi connectivity index (χ1) is 18.6. The fraction of sp³-hybridized carbons (Fsp3) is 0.400. The van der Waals surface area contributed by atoms with Crippen molar-refractivity contribution in [1.29, 1.82) is 0 Å². The highest BCUT2D eigenvalue weighted by molar-refractivity contribution is 7.09. The number of carbonyl (C=O) groups excluding carboxylic acids is 2. The first kappa shape index (κ1) is 24.9. The minimum absolute atomic E-state index is 0.0136. The lowest BCUT2D eigenvalue weighted by atomic mass is 10.1. The second-order valence-corrected chi connectivity index (χ2v) is 11.3. The molecule has 0 spiro atoms. The van der Waals surface area contributed by atoms with Gasteiger partial charge in [-0.25, -0.2) is 0 Å². The fourth-order valence-corrected chi connectivity index (χ4v) is 6.10. The third-order valence-electron chi connectivity index (χ3n) is 7.51. The lowest BCUT2D eigenvalue weighted by Gasteiger charge is -2.29. The average Bonchev–Trinajstić information content (AvgIpc) is 3.33. The quantitative estimate of drug-likeness (QED) is 0.375. The lowest BCUT2D eigenvalue weighted by Crippen LogP contribution is -2.46. The highest BCUT2D eigenvalue weighted by atomic mass is 32.1. The van der Waals surface area contributed by atoms with Crippen molar-refractivity contribution in [2.45, 2.75) is 44.4 Å². The van der Waals surface area contributed by atoms with Crippen LogP contribution < -0.4 is 9.47 Å². The van der Waals surface area contributed by atoms with Crippen molar-refractivity contribution in [3.63, 3.8) is 0 Å². The van der Waals surface area contributed by atoms with E-state index in [1.165, 1.54) is 5.56 Å². The second kappa shape index (κ2) is 11.2. The van der Waals surface area contributed by atoms with Crippen LogP contribution in [0, 0.1) is 5.92 Å².